The van der Waals surface area contributed by atoms with Gasteiger partial charge in [0, 0.05) is 7.05 Å². The van der Waals surface area contributed by atoms with Gasteiger partial charge in [0.05, 0.1) is 6.04 Å². The summed E-state index contributed by atoms with van der Waals surface area (Å²) in [4.78, 5) is 27.0. The molecule has 0 saturated carbocycles. The SMILES string of the molecule is CN1CCC(C(C=O)N(C)C(=O)OC(C)(C)C)CC1. The number of likely N-dealkylation sites (N-methyl/N-ethyl adjacent to an activating group) is 1. The van der Waals surface area contributed by atoms with E-state index < -0.39 is 11.7 Å². The Bertz CT molecular complexity index is 317. The minimum absolute atomic E-state index is 0.228. The standard InChI is InChI=1S/C14H26N2O3/c1-14(2,3)19-13(18)16(5)12(10-17)11-6-8-15(4)9-7-11/h10-12H,6-9H2,1-5H3. The Labute approximate surface area is 115 Å². The van der Waals surface area contributed by atoms with Crippen LogP contribution in [0.4, 0.5) is 4.79 Å². The second-order valence-electron chi connectivity index (χ2n) is 6.36. The highest BCUT2D eigenvalue weighted by Crippen LogP contribution is 2.23. The van der Waals surface area contributed by atoms with Gasteiger partial charge in [0.2, 0.25) is 0 Å². The van der Waals surface area contributed by atoms with Gasteiger partial charge in [0.15, 0.2) is 0 Å². The molecule has 1 atom stereocenters. The van der Waals surface area contributed by atoms with E-state index in [1.54, 1.807) is 7.05 Å². The molecule has 0 aromatic carbocycles. The lowest BCUT2D eigenvalue weighted by Gasteiger charge is -2.36. The molecule has 0 aromatic rings. The fourth-order valence-electron chi connectivity index (χ4n) is 2.34. The van der Waals surface area contributed by atoms with E-state index in [1.165, 1.54) is 4.90 Å². The molecule has 0 bridgehead atoms. The molecule has 0 aromatic heterocycles. The first-order chi connectivity index (χ1) is 8.74. The van der Waals surface area contributed by atoms with Crippen LogP contribution in [-0.4, -0.2) is 61.0 Å². The summed E-state index contributed by atoms with van der Waals surface area (Å²) < 4.78 is 5.31. The van der Waals surface area contributed by atoms with Crippen molar-refractivity contribution in [2.45, 2.75) is 45.3 Å². The fraction of sp³-hybridized carbons (Fsp3) is 0.857. The van der Waals surface area contributed by atoms with Crippen LogP contribution in [0.2, 0.25) is 0 Å². The summed E-state index contributed by atoms with van der Waals surface area (Å²) in [5.74, 6) is 0.228. The van der Waals surface area contributed by atoms with Crippen molar-refractivity contribution in [3.8, 4) is 0 Å². The van der Waals surface area contributed by atoms with Crippen LogP contribution in [0.3, 0.4) is 0 Å². The van der Waals surface area contributed by atoms with Crippen molar-refractivity contribution < 1.29 is 14.3 Å². The minimum Gasteiger partial charge on any atom is -0.444 e. The molecule has 5 heteroatoms. The Morgan fingerprint density at radius 1 is 1.37 bits per heavy atom. The van der Waals surface area contributed by atoms with Crippen LogP contribution in [0.5, 0.6) is 0 Å². The summed E-state index contributed by atoms with van der Waals surface area (Å²) in [5.41, 5.74) is -0.536. The number of rotatable bonds is 3. The molecule has 1 aliphatic rings. The molecule has 1 aliphatic heterocycles. The van der Waals surface area contributed by atoms with Gasteiger partial charge < -0.3 is 19.3 Å². The molecule has 19 heavy (non-hydrogen) atoms. The average molecular weight is 270 g/mol. The normalized spacial score (nSPS) is 19.8. The van der Waals surface area contributed by atoms with Crippen LogP contribution in [0.25, 0.3) is 0 Å². The molecule has 1 saturated heterocycles. The van der Waals surface area contributed by atoms with Gasteiger partial charge in [-0.2, -0.15) is 0 Å². The average Bonchev–Trinajstić information content (AvgIpc) is 2.30. The van der Waals surface area contributed by atoms with Gasteiger partial charge in [-0.1, -0.05) is 0 Å². The Morgan fingerprint density at radius 2 is 1.89 bits per heavy atom. The largest absolute Gasteiger partial charge is 0.444 e. The van der Waals surface area contributed by atoms with Crippen LogP contribution in [0.15, 0.2) is 0 Å². The molecular formula is C14H26N2O3. The summed E-state index contributed by atoms with van der Waals surface area (Å²) in [7, 11) is 3.72. The molecule has 110 valence electrons. The molecular weight excluding hydrogens is 244 g/mol. The second-order valence-corrected chi connectivity index (χ2v) is 6.36. The number of carbonyl (C=O) groups is 2. The number of ether oxygens (including phenoxy) is 1. The van der Waals surface area contributed by atoms with Crippen molar-refractivity contribution in [3.63, 3.8) is 0 Å². The molecule has 1 unspecified atom stereocenters. The van der Waals surface area contributed by atoms with Gasteiger partial charge in [0.25, 0.3) is 0 Å². The van der Waals surface area contributed by atoms with Crippen molar-refractivity contribution in [3.05, 3.63) is 0 Å². The first kappa shape index (κ1) is 16.0. The molecule has 1 fully saturated rings. The maximum absolute atomic E-state index is 12.0. The first-order valence-corrected chi connectivity index (χ1v) is 6.84. The number of amides is 1. The van der Waals surface area contributed by atoms with E-state index in [0.29, 0.717) is 0 Å². The van der Waals surface area contributed by atoms with Crippen molar-refractivity contribution in [2.24, 2.45) is 5.92 Å². The highest BCUT2D eigenvalue weighted by atomic mass is 16.6. The zero-order valence-electron chi connectivity index (χ0n) is 12.7. The number of piperidine rings is 1. The van der Waals surface area contributed by atoms with Gasteiger partial charge in [0.1, 0.15) is 11.9 Å². The number of nitrogens with zero attached hydrogens (tertiary/aromatic N) is 2. The van der Waals surface area contributed by atoms with E-state index in [2.05, 4.69) is 11.9 Å². The molecule has 1 amide bonds. The number of carbonyl (C=O) groups excluding carboxylic acids is 2. The predicted molar refractivity (Wildman–Crippen MR) is 74.1 cm³/mol. The lowest BCUT2D eigenvalue weighted by Crippen LogP contribution is -2.48. The fourth-order valence-corrected chi connectivity index (χ4v) is 2.34. The first-order valence-electron chi connectivity index (χ1n) is 6.84. The summed E-state index contributed by atoms with van der Waals surface area (Å²) in [5, 5.41) is 0. The van der Waals surface area contributed by atoms with Gasteiger partial charge in [-0.3, -0.25) is 0 Å². The van der Waals surface area contributed by atoms with Crippen molar-refractivity contribution >= 4 is 12.4 Å². The van der Waals surface area contributed by atoms with Crippen molar-refractivity contribution in [1.82, 2.24) is 9.80 Å². The smallest absolute Gasteiger partial charge is 0.410 e. The van der Waals surface area contributed by atoms with Crippen molar-refractivity contribution in [2.75, 3.05) is 27.2 Å². The zero-order chi connectivity index (χ0) is 14.6. The van der Waals surface area contributed by atoms with Gasteiger partial charge >= 0.3 is 6.09 Å². The monoisotopic (exact) mass is 270 g/mol. The predicted octanol–water partition coefficient (Wildman–Crippen LogP) is 1.76. The van der Waals surface area contributed by atoms with E-state index in [9.17, 15) is 9.59 Å². The van der Waals surface area contributed by atoms with E-state index in [1.807, 2.05) is 20.8 Å². The number of hydrogen-bond acceptors (Lipinski definition) is 4. The lowest BCUT2D eigenvalue weighted by atomic mass is 9.89. The Kier molecular flexibility index (Phi) is 5.35. The third-order valence-electron chi connectivity index (χ3n) is 3.51. The molecule has 1 rings (SSSR count). The number of hydrogen-bond donors (Lipinski definition) is 0. The van der Waals surface area contributed by atoms with Crippen LogP contribution >= 0.6 is 0 Å². The van der Waals surface area contributed by atoms with Crippen LogP contribution in [-0.2, 0) is 9.53 Å². The van der Waals surface area contributed by atoms with E-state index in [-0.39, 0.29) is 12.0 Å². The third kappa shape index (κ3) is 4.82. The van der Waals surface area contributed by atoms with Gasteiger partial charge in [-0.25, -0.2) is 4.79 Å². The zero-order valence-corrected chi connectivity index (χ0v) is 12.7. The van der Waals surface area contributed by atoms with E-state index >= 15 is 0 Å². The van der Waals surface area contributed by atoms with Gasteiger partial charge in [-0.05, 0) is 59.7 Å². The van der Waals surface area contributed by atoms with Crippen LogP contribution in [0.1, 0.15) is 33.6 Å². The van der Waals surface area contributed by atoms with Gasteiger partial charge in [-0.15, -0.1) is 0 Å². The summed E-state index contributed by atoms with van der Waals surface area (Å²) in [6, 6.07) is -0.386. The molecule has 5 nitrogen and oxygen atoms in total. The van der Waals surface area contributed by atoms with Crippen LogP contribution in [0, 0.1) is 5.92 Å². The molecule has 1 heterocycles. The highest BCUT2D eigenvalue weighted by molar-refractivity contribution is 5.73. The summed E-state index contributed by atoms with van der Waals surface area (Å²) in [6.07, 6.45) is 2.32. The second kappa shape index (κ2) is 6.37. The molecule has 0 aliphatic carbocycles. The summed E-state index contributed by atoms with van der Waals surface area (Å²) in [6.45, 7) is 7.41. The minimum atomic E-state index is -0.536. The molecule has 0 radical (unpaired) electrons. The Morgan fingerprint density at radius 3 is 2.32 bits per heavy atom. The quantitative estimate of drug-likeness (QED) is 0.733. The molecule has 0 spiro atoms. The topological polar surface area (TPSA) is 49.9 Å². The lowest BCUT2D eigenvalue weighted by molar-refractivity contribution is -0.114. The summed E-state index contributed by atoms with van der Waals surface area (Å²) >= 11 is 0. The van der Waals surface area contributed by atoms with Crippen LogP contribution < -0.4 is 0 Å². The number of aldehydes is 1. The Hall–Kier alpha value is -1.10. The highest BCUT2D eigenvalue weighted by Gasteiger charge is 2.32. The van der Waals surface area contributed by atoms with E-state index in [4.69, 9.17) is 4.74 Å². The maximum Gasteiger partial charge on any atom is 0.410 e. The molecule has 0 N–H and O–H groups in total. The Balaban J connectivity index is 2.63. The van der Waals surface area contributed by atoms with E-state index in [0.717, 1.165) is 32.2 Å². The third-order valence-corrected chi connectivity index (χ3v) is 3.51. The van der Waals surface area contributed by atoms with Crippen molar-refractivity contribution in [1.29, 1.82) is 0 Å². The number of likely N-dealkylation sites (tertiary alicyclic amines) is 1. The maximum atomic E-state index is 12.0.